The number of urea groups is 1. The van der Waals surface area contributed by atoms with Crippen molar-refractivity contribution in [3.63, 3.8) is 0 Å². The molecule has 0 saturated carbocycles. The molecule has 2 aromatic rings. The third-order valence-corrected chi connectivity index (χ3v) is 3.32. The molecule has 1 heterocycles. The van der Waals surface area contributed by atoms with Crippen LogP contribution >= 0.6 is 0 Å². The van der Waals surface area contributed by atoms with Gasteiger partial charge in [-0.05, 0) is 37.6 Å². The molecule has 7 nitrogen and oxygen atoms in total. The summed E-state index contributed by atoms with van der Waals surface area (Å²) in [5.41, 5.74) is 0.836. The second kappa shape index (κ2) is 6.36. The Balaban J connectivity index is 1.99. The highest BCUT2D eigenvalue weighted by molar-refractivity contribution is 5.89. The van der Waals surface area contributed by atoms with Crippen LogP contribution in [-0.2, 0) is 0 Å². The van der Waals surface area contributed by atoms with Gasteiger partial charge >= 0.3 is 6.03 Å². The summed E-state index contributed by atoms with van der Waals surface area (Å²) in [6.45, 7) is 3.59. The summed E-state index contributed by atoms with van der Waals surface area (Å²) in [4.78, 5) is 13.4. The highest BCUT2D eigenvalue weighted by atomic mass is 16.3. The van der Waals surface area contributed by atoms with Crippen LogP contribution in [0.3, 0.4) is 0 Å². The van der Waals surface area contributed by atoms with Gasteiger partial charge in [-0.1, -0.05) is 6.92 Å². The molecule has 1 aromatic heterocycles. The van der Waals surface area contributed by atoms with Gasteiger partial charge in [0.15, 0.2) is 0 Å². The summed E-state index contributed by atoms with van der Waals surface area (Å²) in [6, 6.07) is 6.79. The molecule has 21 heavy (non-hydrogen) atoms. The number of carbonyl (C=O) groups excluding carboxylic acids is 1. The predicted octanol–water partition coefficient (Wildman–Crippen LogP) is 1.55. The Morgan fingerprint density at radius 3 is 2.43 bits per heavy atom. The van der Waals surface area contributed by atoms with Crippen molar-refractivity contribution in [3.8, 4) is 5.69 Å². The van der Waals surface area contributed by atoms with Crippen LogP contribution in [0.2, 0.25) is 0 Å². The van der Waals surface area contributed by atoms with Crippen LogP contribution in [0.4, 0.5) is 10.5 Å². The molecule has 2 rings (SSSR count). The van der Waals surface area contributed by atoms with Crippen LogP contribution in [0.15, 0.2) is 36.7 Å². The van der Waals surface area contributed by atoms with Gasteiger partial charge in [0.2, 0.25) is 0 Å². The van der Waals surface area contributed by atoms with E-state index in [0.717, 1.165) is 5.69 Å². The third-order valence-electron chi connectivity index (χ3n) is 3.32. The minimum Gasteiger partial charge on any atom is -0.394 e. The molecule has 0 fully saturated rings. The molecule has 0 bridgehead atoms. The van der Waals surface area contributed by atoms with Crippen molar-refractivity contribution in [1.29, 1.82) is 0 Å². The van der Waals surface area contributed by atoms with E-state index in [4.69, 9.17) is 0 Å². The minimum atomic E-state index is -0.622. The maximum absolute atomic E-state index is 11.9. The first-order chi connectivity index (χ1) is 10.1. The fourth-order valence-corrected chi connectivity index (χ4v) is 1.70. The maximum atomic E-state index is 11.9. The molecule has 0 saturated heterocycles. The van der Waals surface area contributed by atoms with E-state index in [1.807, 2.05) is 6.92 Å². The molecule has 0 aliphatic carbocycles. The molecule has 3 N–H and O–H groups in total. The third kappa shape index (κ3) is 3.79. The zero-order valence-corrected chi connectivity index (χ0v) is 12.1. The van der Waals surface area contributed by atoms with E-state index in [2.05, 4.69) is 20.8 Å². The van der Waals surface area contributed by atoms with Crippen LogP contribution in [0.25, 0.3) is 5.69 Å². The Bertz CT molecular complexity index is 576. The SMILES string of the molecule is CCC(C)(CO)NC(=O)Nc1ccc(-n2nccn2)cc1. The number of carbonyl (C=O) groups is 1. The zero-order valence-electron chi connectivity index (χ0n) is 12.1. The highest BCUT2D eigenvalue weighted by Gasteiger charge is 2.23. The Morgan fingerprint density at radius 2 is 1.90 bits per heavy atom. The van der Waals surface area contributed by atoms with E-state index in [1.165, 1.54) is 4.80 Å². The quantitative estimate of drug-likeness (QED) is 0.778. The number of hydrogen-bond acceptors (Lipinski definition) is 4. The summed E-state index contributed by atoms with van der Waals surface area (Å²) >= 11 is 0. The summed E-state index contributed by atoms with van der Waals surface area (Å²) < 4.78 is 0. The van der Waals surface area contributed by atoms with Gasteiger partial charge in [0.05, 0.1) is 30.2 Å². The average molecular weight is 289 g/mol. The zero-order chi connectivity index (χ0) is 15.3. The van der Waals surface area contributed by atoms with Crippen molar-refractivity contribution in [2.24, 2.45) is 0 Å². The van der Waals surface area contributed by atoms with Crippen molar-refractivity contribution >= 4 is 11.7 Å². The Labute approximate surface area is 123 Å². The summed E-state index contributed by atoms with van der Waals surface area (Å²) in [7, 11) is 0. The second-order valence-corrected chi connectivity index (χ2v) is 5.02. The topological polar surface area (TPSA) is 92.1 Å². The smallest absolute Gasteiger partial charge is 0.319 e. The lowest BCUT2D eigenvalue weighted by molar-refractivity contribution is 0.172. The number of amides is 2. The summed E-state index contributed by atoms with van der Waals surface area (Å²) in [5.74, 6) is 0. The van der Waals surface area contributed by atoms with Gasteiger partial charge < -0.3 is 15.7 Å². The molecule has 7 heteroatoms. The number of aromatic nitrogens is 3. The van der Waals surface area contributed by atoms with Crippen LogP contribution in [-0.4, -0.2) is 38.3 Å². The van der Waals surface area contributed by atoms with Crippen LogP contribution in [0.5, 0.6) is 0 Å². The summed E-state index contributed by atoms with van der Waals surface area (Å²) in [5, 5.41) is 22.8. The van der Waals surface area contributed by atoms with Crippen molar-refractivity contribution in [2.45, 2.75) is 25.8 Å². The predicted molar refractivity (Wildman–Crippen MR) is 79.3 cm³/mol. The first kappa shape index (κ1) is 15.0. The number of anilines is 1. The number of aliphatic hydroxyl groups is 1. The molecule has 0 aliphatic heterocycles. The lowest BCUT2D eigenvalue weighted by Gasteiger charge is -2.27. The lowest BCUT2D eigenvalue weighted by atomic mass is 10.0. The van der Waals surface area contributed by atoms with E-state index < -0.39 is 5.54 Å². The van der Waals surface area contributed by atoms with Crippen molar-refractivity contribution in [1.82, 2.24) is 20.3 Å². The average Bonchev–Trinajstić information content (AvgIpc) is 3.02. The summed E-state index contributed by atoms with van der Waals surface area (Å²) in [6.07, 6.45) is 3.83. The first-order valence-corrected chi connectivity index (χ1v) is 6.73. The van der Waals surface area contributed by atoms with Crippen molar-refractivity contribution < 1.29 is 9.90 Å². The molecule has 0 radical (unpaired) electrons. The Hall–Kier alpha value is -2.41. The standard InChI is InChI=1S/C14H19N5O2/c1-3-14(2,10-20)18-13(21)17-11-4-6-12(7-5-11)19-15-8-9-16-19/h4-9,20H,3,10H2,1-2H3,(H2,17,18,21). The number of aliphatic hydroxyl groups excluding tert-OH is 1. The second-order valence-electron chi connectivity index (χ2n) is 5.02. The van der Waals surface area contributed by atoms with Crippen molar-refractivity contribution in [2.75, 3.05) is 11.9 Å². The molecular formula is C14H19N5O2. The first-order valence-electron chi connectivity index (χ1n) is 6.73. The Kier molecular flexibility index (Phi) is 4.54. The van der Waals surface area contributed by atoms with Crippen molar-refractivity contribution in [3.05, 3.63) is 36.7 Å². The number of hydrogen-bond donors (Lipinski definition) is 3. The largest absolute Gasteiger partial charge is 0.394 e. The minimum absolute atomic E-state index is 0.110. The van der Waals surface area contributed by atoms with E-state index in [9.17, 15) is 9.90 Å². The molecule has 1 unspecified atom stereocenters. The van der Waals surface area contributed by atoms with Gasteiger partial charge in [0, 0.05) is 5.69 Å². The molecule has 1 aromatic carbocycles. The fourth-order valence-electron chi connectivity index (χ4n) is 1.70. The highest BCUT2D eigenvalue weighted by Crippen LogP contribution is 2.13. The van der Waals surface area contributed by atoms with Crippen LogP contribution in [0.1, 0.15) is 20.3 Å². The van der Waals surface area contributed by atoms with Gasteiger partial charge in [-0.3, -0.25) is 0 Å². The molecule has 1 atom stereocenters. The number of rotatable bonds is 5. The maximum Gasteiger partial charge on any atom is 0.319 e. The van der Waals surface area contributed by atoms with Gasteiger partial charge in [0.25, 0.3) is 0 Å². The van der Waals surface area contributed by atoms with Gasteiger partial charge in [-0.15, -0.1) is 0 Å². The van der Waals surface area contributed by atoms with E-state index in [-0.39, 0.29) is 12.6 Å². The number of nitrogens with zero attached hydrogens (tertiary/aromatic N) is 3. The van der Waals surface area contributed by atoms with Gasteiger partial charge in [-0.25, -0.2) is 4.79 Å². The van der Waals surface area contributed by atoms with Crippen LogP contribution < -0.4 is 10.6 Å². The molecule has 0 aliphatic rings. The fraction of sp³-hybridized carbons (Fsp3) is 0.357. The van der Waals surface area contributed by atoms with Gasteiger partial charge in [-0.2, -0.15) is 15.0 Å². The van der Waals surface area contributed by atoms with E-state index >= 15 is 0 Å². The Morgan fingerprint density at radius 1 is 1.29 bits per heavy atom. The van der Waals surface area contributed by atoms with Crippen LogP contribution in [0, 0.1) is 0 Å². The monoisotopic (exact) mass is 289 g/mol. The number of benzene rings is 1. The molecule has 112 valence electrons. The molecule has 0 spiro atoms. The number of nitrogens with one attached hydrogen (secondary N) is 2. The normalized spacial score (nSPS) is 13.5. The van der Waals surface area contributed by atoms with E-state index in [1.54, 1.807) is 43.6 Å². The van der Waals surface area contributed by atoms with E-state index in [0.29, 0.717) is 12.1 Å². The molecule has 2 amide bonds. The lowest BCUT2D eigenvalue weighted by Crippen LogP contribution is -2.50. The van der Waals surface area contributed by atoms with Gasteiger partial charge in [0.1, 0.15) is 0 Å². The molecular weight excluding hydrogens is 270 g/mol.